The van der Waals surface area contributed by atoms with Crippen LogP contribution in [-0.2, 0) is 5.41 Å². The van der Waals surface area contributed by atoms with Crippen molar-refractivity contribution < 1.29 is 4.74 Å². The molecular weight excluding hydrogens is 713 g/mol. The quantitative estimate of drug-likeness (QED) is 0.180. The fourth-order valence-electron chi connectivity index (χ4n) is 10.0. The van der Waals surface area contributed by atoms with Crippen molar-refractivity contribution in [2.24, 2.45) is 5.92 Å². The molecule has 8 aromatic rings. The van der Waals surface area contributed by atoms with Crippen molar-refractivity contribution in [1.82, 2.24) is 9.97 Å². The summed E-state index contributed by atoms with van der Waals surface area (Å²) < 4.78 is 9.47. The zero-order valence-electron chi connectivity index (χ0n) is 31.0. The van der Waals surface area contributed by atoms with Crippen molar-refractivity contribution in [2.45, 2.75) is 23.7 Å². The van der Waals surface area contributed by atoms with E-state index in [1.165, 1.54) is 42.1 Å². The molecule has 0 fully saturated rings. The molecular formula is C53H36N2OS. The fourth-order valence-corrected chi connectivity index (χ4v) is 11.2. The van der Waals surface area contributed by atoms with Crippen molar-refractivity contribution in [3.8, 4) is 45.3 Å². The fraction of sp³-hybridized carbons (Fsp3) is 0.0943. The molecule has 6 aromatic carbocycles. The molecule has 4 unspecified atom stereocenters. The van der Waals surface area contributed by atoms with Crippen LogP contribution in [0.2, 0.25) is 0 Å². The number of fused-ring (bicyclic) bond motifs is 12. The highest BCUT2D eigenvalue weighted by Gasteiger charge is 2.56. The normalized spacial score (nSPS) is 20.7. The second kappa shape index (κ2) is 12.7. The summed E-state index contributed by atoms with van der Waals surface area (Å²) in [6, 6.07) is 54.6. The second-order valence-corrected chi connectivity index (χ2v) is 16.6. The third-order valence-electron chi connectivity index (χ3n) is 12.6. The van der Waals surface area contributed by atoms with Gasteiger partial charge < -0.3 is 4.74 Å². The third kappa shape index (κ3) is 4.97. The second-order valence-electron chi connectivity index (χ2n) is 15.6. The maximum atomic E-state index is 6.82. The Hall–Kier alpha value is -6.62. The van der Waals surface area contributed by atoms with Gasteiger partial charge >= 0.3 is 0 Å². The number of aromatic nitrogens is 2. The van der Waals surface area contributed by atoms with Gasteiger partial charge in [-0.05, 0) is 63.5 Å². The van der Waals surface area contributed by atoms with Gasteiger partial charge in [0.25, 0.3) is 0 Å². The van der Waals surface area contributed by atoms with E-state index in [0.717, 1.165) is 57.4 Å². The third-order valence-corrected chi connectivity index (χ3v) is 13.7. The molecule has 4 heteroatoms. The van der Waals surface area contributed by atoms with E-state index in [2.05, 4.69) is 182 Å². The average Bonchev–Trinajstić information content (AvgIpc) is 3.80. The molecule has 3 heterocycles. The maximum Gasteiger partial charge on any atom is 0.160 e. The first-order chi connectivity index (χ1) is 28.2. The van der Waals surface area contributed by atoms with E-state index in [1.54, 1.807) is 0 Å². The van der Waals surface area contributed by atoms with Crippen LogP contribution >= 0.6 is 11.3 Å². The van der Waals surface area contributed by atoms with Gasteiger partial charge in [-0.15, -0.1) is 11.3 Å². The van der Waals surface area contributed by atoms with Crippen molar-refractivity contribution in [2.75, 3.05) is 0 Å². The largest absolute Gasteiger partial charge is 0.457 e. The van der Waals surface area contributed by atoms with Crippen LogP contribution < -0.4 is 14.5 Å². The van der Waals surface area contributed by atoms with E-state index < -0.39 is 0 Å². The van der Waals surface area contributed by atoms with Crippen LogP contribution in [0.15, 0.2) is 176 Å². The summed E-state index contributed by atoms with van der Waals surface area (Å²) in [6.45, 7) is 0. The highest BCUT2D eigenvalue weighted by molar-refractivity contribution is 7.17. The molecule has 4 atom stereocenters. The molecule has 57 heavy (non-hydrogen) atoms. The molecule has 0 saturated heterocycles. The topological polar surface area (TPSA) is 35.0 Å². The van der Waals surface area contributed by atoms with Gasteiger partial charge in [0.05, 0.1) is 16.8 Å². The van der Waals surface area contributed by atoms with Gasteiger partial charge in [-0.3, -0.25) is 0 Å². The van der Waals surface area contributed by atoms with Crippen molar-refractivity contribution in [3.05, 3.63) is 214 Å². The number of ether oxygens (including phenoxy) is 1. The maximum absolute atomic E-state index is 6.82. The Morgan fingerprint density at radius 2 is 1.33 bits per heavy atom. The van der Waals surface area contributed by atoms with Crippen LogP contribution in [0.3, 0.4) is 0 Å². The number of thiophene rings is 1. The van der Waals surface area contributed by atoms with E-state index in [9.17, 15) is 0 Å². The number of para-hydroxylation sites is 1. The zero-order valence-corrected chi connectivity index (χ0v) is 31.9. The lowest BCUT2D eigenvalue weighted by atomic mass is 9.62. The van der Waals surface area contributed by atoms with Crippen LogP contribution in [-0.4, -0.2) is 9.97 Å². The minimum Gasteiger partial charge on any atom is -0.457 e. The Morgan fingerprint density at radius 3 is 2.25 bits per heavy atom. The molecule has 3 aliphatic carbocycles. The molecule has 4 aliphatic rings. The first kappa shape index (κ1) is 32.6. The number of nitrogens with zero attached hydrogens (tertiary/aromatic N) is 2. The Bertz CT molecular complexity index is 3100. The Morgan fingerprint density at radius 1 is 0.596 bits per heavy atom. The van der Waals surface area contributed by atoms with Crippen LogP contribution in [0.4, 0.5) is 0 Å². The highest BCUT2D eigenvalue weighted by atomic mass is 32.1. The molecule has 3 nitrogen and oxygen atoms in total. The van der Waals surface area contributed by atoms with Gasteiger partial charge in [0.15, 0.2) is 5.82 Å². The lowest BCUT2D eigenvalue weighted by Gasteiger charge is -2.43. The molecule has 0 amide bonds. The first-order valence-electron chi connectivity index (χ1n) is 19.8. The Labute approximate surface area is 335 Å². The minimum absolute atomic E-state index is 0.167. The van der Waals surface area contributed by atoms with Crippen LogP contribution in [0, 0.1) is 5.92 Å². The van der Waals surface area contributed by atoms with E-state index in [4.69, 9.17) is 14.7 Å². The first-order valence-corrected chi connectivity index (χ1v) is 20.7. The minimum atomic E-state index is -0.345. The molecule has 2 aromatic heterocycles. The smallest absolute Gasteiger partial charge is 0.160 e. The average molecular weight is 749 g/mol. The van der Waals surface area contributed by atoms with Crippen LogP contribution in [0.5, 0.6) is 11.5 Å². The van der Waals surface area contributed by atoms with Crippen LogP contribution in [0.1, 0.15) is 46.2 Å². The number of hydrogen-bond donors (Lipinski definition) is 0. The number of hydrogen-bond acceptors (Lipinski definition) is 4. The molecule has 0 N–H and O–H groups in total. The van der Waals surface area contributed by atoms with Crippen LogP contribution in [0.25, 0.3) is 56.0 Å². The van der Waals surface area contributed by atoms with Crippen molar-refractivity contribution in [1.29, 1.82) is 0 Å². The van der Waals surface area contributed by atoms with E-state index in [1.807, 2.05) is 17.4 Å². The van der Waals surface area contributed by atoms with Crippen molar-refractivity contribution >= 4 is 33.6 Å². The molecule has 12 rings (SSSR count). The lowest BCUT2D eigenvalue weighted by Crippen LogP contribution is -2.37. The summed E-state index contributed by atoms with van der Waals surface area (Å²) in [4.78, 5) is 10.4. The van der Waals surface area contributed by atoms with Gasteiger partial charge in [0.1, 0.15) is 11.5 Å². The zero-order chi connectivity index (χ0) is 37.5. The van der Waals surface area contributed by atoms with Gasteiger partial charge in [0.2, 0.25) is 0 Å². The van der Waals surface area contributed by atoms with Gasteiger partial charge in [-0.1, -0.05) is 164 Å². The monoisotopic (exact) mass is 748 g/mol. The Balaban J connectivity index is 0.935. The van der Waals surface area contributed by atoms with E-state index >= 15 is 0 Å². The lowest BCUT2D eigenvalue weighted by molar-refractivity contribution is 0.374. The van der Waals surface area contributed by atoms with E-state index in [0.29, 0.717) is 5.92 Å². The summed E-state index contributed by atoms with van der Waals surface area (Å²) in [5.74, 6) is 3.33. The molecule has 0 saturated carbocycles. The summed E-state index contributed by atoms with van der Waals surface area (Å²) in [5.41, 5.74) is 11.2. The number of rotatable bonds is 4. The molecule has 1 aliphatic heterocycles. The summed E-state index contributed by atoms with van der Waals surface area (Å²) in [6.07, 6.45) is 14.9. The van der Waals surface area contributed by atoms with Gasteiger partial charge in [-0.25, -0.2) is 9.97 Å². The van der Waals surface area contributed by atoms with Gasteiger partial charge in [-0.2, -0.15) is 0 Å². The Kier molecular flexibility index (Phi) is 7.27. The molecule has 1 spiro atoms. The van der Waals surface area contributed by atoms with Gasteiger partial charge in [0, 0.05) is 49.2 Å². The van der Waals surface area contributed by atoms with Crippen molar-refractivity contribution in [3.63, 3.8) is 0 Å². The predicted molar refractivity (Wildman–Crippen MR) is 233 cm³/mol. The summed E-state index contributed by atoms with van der Waals surface area (Å²) in [7, 11) is 0. The molecule has 0 bridgehead atoms. The SMILES string of the molecule is C1=CC2c3ccccc3C3(c4ccccc4Oc4cc(-c5ccc(-c6cc(C7C=c8sc9ccccc9c8=CC7)nc(-c7ccccc7)n6)cc5)ccc43)C2C=C1. The highest BCUT2D eigenvalue weighted by Crippen LogP contribution is 2.64. The number of allylic oxidation sites excluding steroid dienone is 4. The molecule has 270 valence electrons. The molecule has 0 radical (unpaired) electrons. The standard InChI is InChI=1S/C53H36N2OS/c1-2-12-35(13-3-1)52-54-46(32-47(55-52)37-26-28-41-40-16-6-11-21-50(40)57-51(41)31-37)34-24-22-33(23-25-34)36-27-29-45-49(30-36)56-48-20-10-9-19-44(48)53(45)42-17-7-4-14-38(42)39-15-5-8-18-43(39)53/h1-25,27-32,37-38,42H,26H2. The summed E-state index contributed by atoms with van der Waals surface area (Å²) >= 11 is 1.87. The summed E-state index contributed by atoms with van der Waals surface area (Å²) in [5, 5.41) is 2.69. The van der Waals surface area contributed by atoms with E-state index in [-0.39, 0.29) is 17.3 Å². The predicted octanol–water partition coefficient (Wildman–Crippen LogP) is 11.7. The number of benzene rings is 6.